The summed E-state index contributed by atoms with van der Waals surface area (Å²) in [5.74, 6) is -0.134. The van der Waals surface area contributed by atoms with Crippen molar-refractivity contribution in [3.05, 3.63) is 0 Å². The fraction of sp³-hybridized carbons (Fsp3) is 0.750. The number of aliphatic carboxylic acids is 2. The van der Waals surface area contributed by atoms with Gasteiger partial charge in [0.15, 0.2) is 0 Å². The van der Waals surface area contributed by atoms with Crippen molar-refractivity contribution in [3.63, 3.8) is 0 Å². The van der Waals surface area contributed by atoms with Crippen LogP contribution in [0.25, 0.3) is 0 Å². The molecule has 0 aromatic carbocycles. The minimum absolute atomic E-state index is 0.229. The summed E-state index contributed by atoms with van der Waals surface area (Å²) in [5.41, 5.74) is 0. The van der Waals surface area contributed by atoms with Gasteiger partial charge in [0.05, 0.1) is 0 Å². The van der Waals surface area contributed by atoms with Gasteiger partial charge in [-0.3, -0.25) is 0 Å². The van der Waals surface area contributed by atoms with E-state index in [1.807, 2.05) is 0 Å². The maximum atomic E-state index is 10.2. The Balaban J connectivity index is 2.99. The normalized spacial score (nSPS) is 10.1. The second kappa shape index (κ2) is 10.7. The zero-order chi connectivity index (χ0) is 11.5. The van der Waals surface area contributed by atoms with Gasteiger partial charge in [0, 0.05) is 0 Å². The SMILES string of the molecule is O=C(O)CCSC[Se]CSCCC(=O)O. The predicted molar refractivity (Wildman–Crippen MR) is 64.9 cm³/mol. The number of hydrogen-bond acceptors (Lipinski definition) is 4. The van der Waals surface area contributed by atoms with Crippen molar-refractivity contribution in [1.29, 1.82) is 0 Å². The molecule has 0 spiro atoms. The maximum absolute atomic E-state index is 10.2. The molecule has 0 aromatic heterocycles. The average molecular weight is 317 g/mol. The van der Waals surface area contributed by atoms with Gasteiger partial charge in [-0.15, -0.1) is 0 Å². The third-order valence-corrected chi connectivity index (χ3v) is 7.10. The molecule has 0 aliphatic heterocycles. The van der Waals surface area contributed by atoms with E-state index in [1.165, 1.54) is 0 Å². The molecule has 0 amide bonds. The topological polar surface area (TPSA) is 74.6 Å². The average Bonchev–Trinajstić information content (AvgIpc) is 2.14. The summed E-state index contributed by atoms with van der Waals surface area (Å²) in [6, 6.07) is 0. The zero-order valence-corrected chi connectivity index (χ0v) is 11.5. The molecule has 0 rings (SSSR count). The molecule has 2 N–H and O–H groups in total. The van der Waals surface area contributed by atoms with Crippen molar-refractivity contribution in [2.45, 2.75) is 12.8 Å². The van der Waals surface area contributed by atoms with Crippen molar-refractivity contribution in [2.24, 2.45) is 0 Å². The third-order valence-electron chi connectivity index (χ3n) is 1.25. The molecular formula is C8H14O4S2Se. The number of thioether (sulfide) groups is 2. The molecule has 88 valence electrons. The molecule has 0 fully saturated rings. The van der Waals surface area contributed by atoms with Gasteiger partial charge in [-0.25, -0.2) is 0 Å². The zero-order valence-electron chi connectivity index (χ0n) is 8.18. The van der Waals surface area contributed by atoms with E-state index < -0.39 is 11.9 Å². The molecule has 0 saturated heterocycles. The van der Waals surface area contributed by atoms with Crippen LogP contribution in [0.1, 0.15) is 12.8 Å². The van der Waals surface area contributed by atoms with Crippen LogP contribution in [0.3, 0.4) is 0 Å². The second-order valence-electron chi connectivity index (χ2n) is 2.54. The summed E-state index contributed by atoms with van der Waals surface area (Å²) in [6.45, 7) is 0. The summed E-state index contributed by atoms with van der Waals surface area (Å²) in [5, 5.41) is 16.7. The molecule has 0 aliphatic carbocycles. The van der Waals surface area contributed by atoms with E-state index in [2.05, 4.69) is 0 Å². The Morgan fingerprint density at radius 1 is 0.933 bits per heavy atom. The fourth-order valence-corrected chi connectivity index (χ4v) is 6.22. The summed E-state index contributed by atoms with van der Waals surface area (Å²) < 4.78 is 2.03. The van der Waals surface area contributed by atoms with E-state index in [-0.39, 0.29) is 12.8 Å². The van der Waals surface area contributed by atoms with Gasteiger partial charge in [0.2, 0.25) is 0 Å². The molecule has 15 heavy (non-hydrogen) atoms. The third kappa shape index (κ3) is 14.2. The summed E-state index contributed by atoms with van der Waals surface area (Å²) in [7, 11) is 0. The number of carboxylic acids is 2. The summed E-state index contributed by atoms with van der Waals surface area (Å²) in [4.78, 5) is 20.3. The Labute approximate surface area is 104 Å². The molecule has 0 atom stereocenters. The van der Waals surface area contributed by atoms with Crippen LogP contribution in [0.15, 0.2) is 0 Å². The van der Waals surface area contributed by atoms with Crippen LogP contribution in [-0.2, 0) is 9.59 Å². The van der Waals surface area contributed by atoms with Crippen LogP contribution in [0.4, 0.5) is 0 Å². The fourth-order valence-electron chi connectivity index (χ4n) is 0.589. The molecule has 0 aromatic rings. The van der Waals surface area contributed by atoms with Crippen LogP contribution in [0.5, 0.6) is 0 Å². The number of rotatable bonds is 10. The van der Waals surface area contributed by atoms with Gasteiger partial charge in [0.25, 0.3) is 0 Å². The van der Waals surface area contributed by atoms with E-state index in [1.54, 1.807) is 23.5 Å². The van der Waals surface area contributed by atoms with E-state index >= 15 is 0 Å². The molecule has 4 nitrogen and oxygen atoms in total. The van der Waals surface area contributed by atoms with Crippen LogP contribution >= 0.6 is 23.5 Å². The van der Waals surface area contributed by atoms with E-state index in [0.717, 1.165) is 9.30 Å². The van der Waals surface area contributed by atoms with Crippen molar-refractivity contribution in [2.75, 3.05) is 20.8 Å². The second-order valence-corrected chi connectivity index (χ2v) is 8.47. The minimum atomic E-state index is -0.745. The summed E-state index contributed by atoms with van der Waals surface area (Å²) >= 11 is 3.82. The van der Waals surface area contributed by atoms with E-state index in [0.29, 0.717) is 26.5 Å². The van der Waals surface area contributed by atoms with Crippen LogP contribution in [-0.4, -0.2) is 57.9 Å². The quantitative estimate of drug-likeness (QED) is 0.463. The number of hydrogen-bond donors (Lipinski definition) is 2. The predicted octanol–water partition coefficient (Wildman–Crippen LogP) is 1.02. The van der Waals surface area contributed by atoms with E-state index in [9.17, 15) is 9.59 Å². The van der Waals surface area contributed by atoms with Gasteiger partial charge in [-0.05, 0) is 0 Å². The monoisotopic (exact) mass is 318 g/mol. The standard InChI is InChI=1S/C8H14O4S2Se/c9-7(10)1-3-13-5-15-6-14-4-2-8(11)12/h1-6H2,(H,9,10)(H,11,12). The molecule has 0 heterocycles. The van der Waals surface area contributed by atoms with Gasteiger partial charge >= 0.3 is 104 Å². The Morgan fingerprint density at radius 3 is 1.67 bits per heavy atom. The van der Waals surface area contributed by atoms with Crippen LogP contribution in [0.2, 0.25) is 0 Å². The first kappa shape index (κ1) is 15.2. The van der Waals surface area contributed by atoms with Gasteiger partial charge in [-0.2, -0.15) is 0 Å². The van der Waals surface area contributed by atoms with Crippen LogP contribution in [0, 0.1) is 0 Å². The Morgan fingerprint density at radius 2 is 1.33 bits per heavy atom. The molecule has 0 radical (unpaired) electrons. The molecule has 0 saturated carbocycles. The molecule has 0 unspecified atom stereocenters. The summed E-state index contributed by atoms with van der Waals surface area (Å²) in [6.07, 6.45) is 0.458. The van der Waals surface area contributed by atoms with Crippen LogP contribution < -0.4 is 0 Å². The molecular weight excluding hydrogens is 303 g/mol. The van der Waals surface area contributed by atoms with Crippen molar-refractivity contribution in [1.82, 2.24) is 0 Å². The molecule has 0 aliphatic rings. The van der Waals surface area contributed by atoms with Gasteiger partial charge in [0.1, 0.15) is 0 Å². The first-order chi connectivity index (χ1) is 7.13. The first-order valence-electron chi connectivity index (χ1n) is 4.29. The first-order valence-corrected chi connectivity index (χ1v) is 9.03. The molecule has 0 bridgehead atoms. The Bertz CT molecular complexity index is 181. The van der Waals surface area contributed by atoms with Gasteiger partial charge in [-0.1, -0.05) is 0 Å². The van der Waals surface area contributed by atoms with Crippen molar-refractivity contribution >= 4 is 50.4 Å². The Hall–Kier alpha value is 0.159. The number of carbonyl (C=O) groups is 2. The Kier molecular flexibility index (Phi) is 10.8. The van der Waals surface area contributed by atoms with Gasteiger partial charge < -0.3 is 0 Å². The van der Waals surface area contributed by atoms with Crippen molar-refractivity contribution < 1.29 is 19.8 Å². The number of carboxylic acid groups (broad SMARTS) is 2. The van der Waals surface area contributed by atoms with E-state index in [4.69, 9.17) is 10.2 Å². The van der Waals surface area contributed by atoms with Crippen molar-refractivity contribution in [3.8, 4) is 0 Å². The molecule has 7 heteroatoms.